The van der Waals surface area contributed by atoms with E-state index in [4.69, 9.17) is 16.0 Å². The van der Waals surface area contributed by atoms with Gasteiger partial charge in [0.2, 0.25) is 5.95 Å². The molecule has 2 heterocycles. The van der Waals surface area contributed by atoms with Crippen LogP contribution in [0, 0.1) is 6.92 Å². The number of amides is 1. The zero-order valence-corrected chi connectivity index (χ0v) is 12.9. The number of rotatable bonds is 5. The van der Waals surface area contributed by atoms with Crippen LogP contribution in [0.25, 0.3) is 0 Å². The molecule has 9 heteroatoms. The Kier molecular flexibility index (Phi) is 4.53. The average molecular weight is 310 g/mol. The number of nitrogen functional groups attached to an aromatic ring is 2. The second kappa shape index (κ2) is 6.19. The minimum Gasteiger partial charge on any atom is -0.455 e. The molecule has 0 aliphatic carbocycles. The predicted octanol–water partition coefficient (Wildman–Crippen LogP) is 1.24. The maximum absolute atomic E-state index is 11.5. The molecule has 1 amide bonds. The molecule has 0 aliphatic heterocycles. The highest BCUT2D eigenvalue weighted by Crippen LogP contribution is 2.27. The maximum Gasteiger partial charge on any atom is 0.301 e. The van der Waals surface area contributed by atoms with Crippen LogP contribution in [-0.4, -0.2) is 20.7 Å². The lowest BCUT2D eigenvalue weighted by atomic mass is 10.2. The fraction of sp³-hybridized carbons (Fsp3) is 0.417. The Morgan fingerprint density at radius 2 is 2.24 bits per heavy atom. The molecule has 0 atom stereocenters. The van der Waals surface area contributed by atoms with Crippen molar-refractivity contribution >= 4 is 23.6 Å². The molecule has 0 spiro atoms. The molecular formula is C12H18N6O2S. The summed E-state index contributed by atoms with van der Waals surface area (Å²) in [5.41, 5.74) is 8.57. The molecule has 5 N–H and O–H groups in total. The number of carbonyl (C=O) groups excluding carboxylic acids is 1. The largest absolute Gasteiger partial charge is 0.455 e. The number of carbonyl (C=O) groups is 1. The number of hydrogen-bond acceptors (Lipinski definition) is 7. The zero-order chi connectivity index (χ0) is 15.6. The Bertz CT molecular complexity index is 648. The molecule has 2 rings (SSSR count). The molecule has 0 bridgehead atoms. The van der Waals surface area contributed by atoms with Crippen LogP contribution >= 0.6 is 11.8 Å². The minimum atomic E-state index is -0.446. The summed E-state index contributed by atoms with van der Waals surface area (Å²) in [6.07, 6.45) is 0. The van der Waals surface area contributed by atoms with E-state index in [2.05, 4.69) is 15.6 Å². The summed E-state index contributed by atoms with van der Waals surface area (Å²) in [5, 5.41) is 8.63. The number of nitrogens with zero attached hydrogens (tertiary/aromatic N) is 3. The first-order valence-corrected chi connectivity index (χ1v) is 7.36. The second-order valence-electron chi connectivity index (χ2n) is 4.79. The molecule has 0 saturated carbocycles. The summed E-state index contributed by atoms with van der Waals surface area (Å²) in [4.78, 5) is 11.5. The molecule has 21 heavy (non-hydrogen) atoms. The van der Waals surface area contributed by atoms with E-state index in [1.54, 1.807) is 13.0 Å². The Balaban J connectivity index is 2.12. The Morgan fingerprint density at radius 3 is 2.86 bits per heavy atom. The van der Waals surface area contributed by atoms with Crippen molar-refractivity contribution < 1.29 is 9.21 Å². The fourth-order valence-corrected chi connectivity index (χ4v) is 2.87. The average Bonchev–Trinajstić information content (AvgIpc) is 2.98. The lowest BCUT2D eigenvalue weighted by Gasteiger charge is -2.10. The highest BCUT2D eigenvalue weighted by molar-refractivity contribution is 7.98. The number of hydrogen-bond donors (Lipinski definition) is 3. The summed E-state index contributed by atoms with van der Waals surface area (Å²) in [7, 11) is 0. The zero-order valence-electron chi connectivity index (χ0n) is 12.1. The van der Waals surface area contributed by atoms with E-state index in [-0.39, 0.29) is 11.8 Å². The Labute approximate surface area is 126 Å². The van der Waals surface area contributed by atoms with E-state index >= 15 is 0 Å². The first kappa shape index (κ1) is 15.4. The van der Waals surface area contributed by atoms with Gasteiger partial charge in [-0.2, -0.15) is 0 Å². The molecule has 2 aromatic heterocycles. The molecule has 0 aliphatic rings. The quantitative estimate of drug-likeness (QED) is 0.328. The van der Waals surface area contributed by atoms with Crippen LogP contribution in [-0.2, 0) is 5.75 Å². The lowest BCUT2D eigenvalue weighted by Crippen LogP contribution is -2.30. The number of thioether (sulfide) groups is 1. The van der Waals surface area contributed by atoms with Crippen molar-refractivity contribution in [3.8, 4) is 0 Å². The van der Waals surface area contributed by atoms with Gasteiger partial charge in [-0.1, -0.05) is 11.8 Å². The van der Waals surface area contributed by atoms with Crippen molar-refractivity contribution in [1.82, 2.24) is 20.2 Å². The van der Waals surface area contributed by atoms with Crippen molar-refractivity contribution in [3.63, 3.8) is 0 Å². The molecule has 2 aromatic rings. The number of aryl methyl sites for hydroxylation is 1. The van der Waals surface area contributed by atoms with Crippen LogP contribution in [0.1, 0.15) is 41.8 Å². The molecule has 114 valence electrons. The lowest BCUT2D eigenvalue weighted by molar-refractivity contribution is 0.0923. The van der Waals surface area contributed by atoms with Gasteiger partial charge in [-0.25, -0.2) is 5.84 Å². The predicted molar refractivity (Wildman–Crippen MR) is 79.5 cm³/mol. The number of furan rings is 1. The third-order valence-corrected chi connectivity index (χ3v) is 3.82. The topological polar surface area (TPSA) is 125 Å². The van der Waals surface area contributed by atoms with Crippen LogP contribution in [0.5, 0.6) is 0 Å². The van der Waals surface area contributed by atoms with Gasteiger partial charge >= 0.3 is 5.91 Å². The van der Waals surface area contributed by atoms with E-state index in [0.29, 0.717) is 22.6 Å². The van der Waals surface area contributed by atoms with Crippen LogP contribution < -0.4 is 17.0 Å². The van der Waals surface area contributed by atoms with Crippen molar-refractivity contribution in [1.29, 1.82) is 0 Å². The van der Waals surface area contributed by atoms with Gasteiger partial charge in [0.1, 0.15) is 5.76 Å². The van der Waals surface area contributed by atoms with Crippen LogP contribution in [0.3, 0.4) is 0 Å². The van der Waals surface area contributed by atoms with Gasteiger partial charge in [-0.05, 0) is 26.8 Å². The molecule has 0 radical (unpaired) electrons. The van der Waals surface area contributed by atoms with Crippen molar-refractivity contribution in [2.45, 2.75) is 37.7 Å². The summed E-state index contributed by atoms with van der Waals surface area (Å²) >= 11 is 1.44. The first-order valence-electron chi connectivity index (χ1n) is 6.37. The minimum absolute atomic E-state index is 0.166. The first-order chi connectivity index (χ1) is 9.93. The van der Waals surface area contributed by atoms with Crippen molar-refractivity contribution in [3.05, 3.63) is 23.2 Å². The molecule has 0 unspecified atom stereocenters. The van der Waals surface area contributed by atoms with Crippen LogP contribution in [0.2, 0.25) is 0 Å². The van der Waals surface area contributed by atoms with Gasteiger partial charge in [0.25, 0.3) is 0 Å². The summed E-state index contributed by atoms with van der Waals surface area (Å²) in [5.74, 6) is 6.44. The third kappa shape index (κ3) is 3.19. The van der Waals surface area contributed by atoms with Crippen molar-refractivity contribution in [2.75, 3.05) is 5.73 Å². The normalized spacial score (nSPS) is 11.1. The molecule has 0 aromatic carbocycles. The summed E-state index contributed by atoms with van der Waals surface area (Å²) in [6.45, 7) is 5.80. The molecule has 8 nitrogen and oxygen atoms in total. The van der Waals surface area contributed by atoms with E-state index in [0.717, 1.165) is 5.56 Å². The fourth-order valence-electron chi connectivity index (χ4n) is 1.92. The monoisotopic (exact) mass is 310 g/mol. The van der Waals surface area contributed by atoms with E-state index in [1.807, 2.05) is 18.4 Å². The SMILES string of the molecule is Cc1cc(CSc2nnc(N)n2C(C)C)oc1C(=O)NN. The maximum atomic E-state index is 11.5. The molecule has 0 saturated heterocycles. The number of nitrogens with two attached hydrogens (primary N) is 2. The van der Waals surface area contributed by atoms with Gasteiger partial charge in [0, 0.05) is 11.6 Å². The van der Waals surface area contributed by atoms with Gasteiger partial charge < -0.3 is 10.2 Å². The van der Waals surface area contributed by atoms with E-state index in [9.17, 15) is 4.79 Å². The van der Waals surface area contributed by atoms with Crippen LogP contribution in [0.15, 0.2) is 15.6 Å². The van der Waals surface area contributed by atoms with E-state index in [1.165, 1.54) is 11.8 Å². The van der Waals surface area contributed by atoms with Crippen LogP contribution in [0.4, 0.5) is 5.95 Å². The standard InChI is InChI=1S/C12H18N6O2S/c1-6(2)18-11(13)16-17-12(18)21-5-8-4-7(3)9(20-8)10(19)15-14/h4,6H,5,14H2,1-3H3,(H2,13,16)(H,15,19). The van der Waals surface area contributed by atoms with Gasteiger partial charge in [-0.15, -0.1) is 10.2 Å². The third-order valence-electron chi connectivity index (χ3n) is 2.86. The highest BCUT2D eigenvalue weighted by Gasteiger charge is 2.17. The number of aromatic nitrogens is 3. The van der Waals surface area contributed by atoms with E-state index < -0.39 is 5.91 Å². The number of hydrazine groups is 1. The van der Waals surface area contributed by atoms with Gasteiger partial charge in [0.05, 0.1) is 5.75 Å². The second-order valence-corrected chi connectivity index (χ2v) is 5.73. The molecule has 0 fully saturated rings. The van der Waals surface area contributed by atoms with Gasteiger partial charge in [0.15, 0.2) is 10.9 Å². The highest BCUT2D eigenvalue weighted by atomic mass is 32.2. The van der Waals surface area contributed by atoms with Gasteiger partial charge in [-0.3, -0.25) is 14.8 Å². The Morgan fingerprint density at radius 1 is 1.52 bits per heavy atom. The number of nitrogens with one attached hydrogen (secondary N) is 1. The smallest absolute Gasteiger partial charge is 0.301 e. The van der Waals surface area contributed by atoms with Crippen molar-refractivity contribution in [2.24, 2.45) is 5.84 Å². The number of anilines is 1. The summed E-state index contributed by atoms with van der Waals surface area (Å²) < 4.78 is 7.34. The molecular weight excluding hydrogens is 292 g/mol. The Hall–Kier alpha value is -2.00. The summed E-state index contributed by atoms with van der Waals surface area (Å²) in [6, 6.07) is 1.97.